The molecule has 0 saturated carbocycles. The molecule has 0 radical (unpaired) electrons. The number of rotatable bonds is 9. The predicted octanol–water partition coefficient (Wildman–Crippen LogP) is 10.2. The number of benzene rings is 5. The van der Waals surface area contributed by atoms with Crippen molar-refractivity contribution >= 4 is 40.2 Å². The average molecular weight is 719 g/mol. The summed E-state index contributed by atoms with van der Waals surface area (Å²) in [5, 5.41) is 0. The van der Waals surface area contributed by atoms with E-state index in [0.29, 0.717) is 25.0 Å². The van der Waals surface area contributed by atoms with Gasteiger partial charge in [0, 0.05) is 36.8 Å². The van der Waals surface area contributed by atoms with Crippen molar-refractivity contribution in [2.45, 2.75) is 45.1 Å². The summed E-state index contributed by atoms with van der Waals surface area (Å²) in [6.07, 6.45) is 4.19. The van der Waals surface area contributed by atoms with E-state index >= 15 is 0 Å². The Hall–Kier alpha value is -4.10. The highest BCUT2D eigenvalue weighted by atomic mass is 127. The van der Waals surface area contributed by atoms with Gasteiger partial charge in [0.15, 0.2) is 11.5 Å². The molecular weight excluding hydrogens is 679 g/mol. The second kappa shape index (κ2) is 13.7. The molecule has 5 heteroatoms. The van der Waals surface area contributed by atoms with Crippen LogP contribution in [-0.2, 0) is 6.61 Å². The third kappa shape index (κ3) is 6.43. The van der Waals surface area contributed by atoms with Crippen LogP contribution in [0.5, 0.6) is 11.5 Å². The Morgan fingerprint density at radius 2 is 1.39 bits per heavy atom. The molecule has 0 aromatic heterocycles. The Balaban J connectivity index is 1.25. The lowest BCUT2D eigenvalue weighted by atomic mass is 9.76. The maximum absolute atomic E-state index is 6.30. The third-order valence-corrected chi connectivity index (χ3v) is 10.00. The second-order valence-electron chi connectivity index (χ2n) is 12.3. The molecule has 5 aromatic rings. The predicted molar refractivity (Wildman–Crippen MR) is 198 cm³/mol. The van der Waals surface area contributed by atoms with Crippen LogP contribution in [0.1, 0.15) is 70.5 Å². The van der Waals surface area contributed by atoms with E-state index < -0.39 is 0 Å². The molecule has 232 valence electrons. The lowest BCUT2D eigenvalue weighted by Gasteiger charge is -2.43. The first-order valence-electron chi connectivity index (χ1n) is 16.3. The molecule has 0 fully saturated rings. The SMILES string of the molecule is CCOc1cc(C=Nc2cc3c4c(c2)[C@H](c2ccccc2)CCN4CC[C@H]3c2ccccc2)cc(I)c1OCc1ccc(C)cc1. The fourth-order valence-electron chi connectivity index (χ4n) is 6.97. The van der Waals surface area contributed by atoms with Gasteiger partial charge in [-0.25, -0.2) is 0 Å². The largest absolute Gasteiger partial charge is 0.490 e. The highest BCUT2D eigenvalue weighted by Crippen LogP contribution is 2.50. The standard InChI is InChI=1S/C41H39IN2O2/c1-3-45-39-23-30(22-38(42)41(39)46-27-29-16-14-28(2)15-17-29)26-43-33-24-36-34(31-10-6-4-7-11-31)18-20-44-21-19-35(37(25-33)40(36)44)32-12-8-5-9-13-32/h4-17,22-26,34-35H,3,18-21,27H2,1-2H3/t34-,35-/m0/s1. The number of aliphatic imine (C=N–C) groups is 1. The fraction of sp³-hybridized carbons (Fsp3) is 0.244. The molecule has 0 saturated heterocycles. The van der Waals surface area contributed by atoms with Crippen molar-refractivity contribution < 1.29 is 9.47 Å². The molecule has 2 aliphatic rings. The van der Waals surface area contributed by atoms with Crippen LogP contribution < -0.4 is 14.4 Å². The number of ether oxygens (including phenoxy) is 2. The van der Waals surface area contributed by atoms with Crippen LogP contribution in [0, 0.1) is 10.5 Å². The van der Waals surface area contributed by atoms with Gasteiger partial charge in [-0.15, -0.1) is 0 Å². The van der Waals surface area contributed by atoms with Gasteiger partial charge < -0.3 is 14.4 Å². The zero-order valence-corrected chi connectivity index (χ0v) is 28.6. The van der Waals surface area contributed by atoms with Gasteiger partial charge in [0.1, 0.15) is 6.61 Å². The molecule has 0 bridgehead atoms. The molecule has 0 unspecified atom stereocenters. The lowest BCUT2D eigenvalue weighted by molar-refractivity contribution is 0.267. The normalized spacial score (nSPS) is 17.2. The second-order valence-corrected chi connectivity index (χ2v) is 13.4. The van der Waals surface area contributed by atoms with Crippen molar-refractivity contribution in [1.82, 2.24) is 0 Å². The summed E-state index contributed by atoms with van der Waals surface area (Å²) < 4.78 is 13.4. The molecule has 0 spiro atoms. The summed E-state index contributed by atoms with van der Waals surface area (Å²) >= 11 is 2.35. The molecule has 46 heavy (non-hydrogen) atoms. The van der Waals surface area contributed by atoms with Crippen molar-refractivity contribution in [1.29, 1.82) is 0 Å². The first-order chi connectivity index (χ1) is 22.6. The van der Waals surface area contributed by atoms with E-state index in [4.69, 9.17) is 14.5 Å². The number of hydrogen-bond acceptors (Lipinski definition) is 4. The Morgan fingerprint density at radius 1 is 0.783 bits per heavy atom. The van der Waals surface area contributed by atoms with Crippen LogP contribution in [0.3, 0.4) is 0 Å². The van der Waals surface area contributed by atoms with Crippen molar-refractivity contribution in [3.63, 3.8) is 0 Å². The Bertz CT molecular complexity index is 1760. The average Bonchev–Trinajstić information content (AvgIpc) is 3.09. The van der Waals surface area contributed by atoms with Crippen LogP contribution in [0.15, 0.2) is 114 Å². The Morgan fingerprint density at radius 3 is 1.98 bits per heavy atom. The van der Waals surface area contributed by atoms with Crippen LogP contribution in [0.4, 0.5) is 11.4 Å². The highest BCUT2D eigenvalue weighted by molar-refractivity contribution is 14.1. The highest BCUT2D eigenvalue weighted by Gasteiger charge is 2.35. The molecule has 2 heterocycles. The van der Waals surface area contributed by atoms with Crippen molar-refractivity contribution in [2.75, 3.05) is 24.6 Å². The first-order valence-corrected chi connectivity index (χ1v) is 17.4. The van der Waals surface area contributed by atoms with E-state index in [2.05, 4.69) is 138 Å². The summed E-state index contributed by atoms with van der Waals surface area (Å²) in [6, 6.07) is 39.3. The van der Waals surface area contributed by atoms with E-state index in [1.807, 2.05) is 19.2 Å². The van der Waals surface area contributed by atoms with Crippen molar-refractivity contribution in [3.05, 3.63) is 152 Å². The van der Waals surface area contributed by atoms with Gasteiger partial charge in [-0.05, 0) is 107 Å². The van der Waals surface area contributed by atoms with Crippen LogP contribution in [-0.4, -0.2) is 25.9 Å². The van der Waals surface area contributed by atoms with E-state index in [0.717, 1.165) is 57.8 Å². The van der Waals surface area contributed by atoms with Gasteiger partial charge in [-0.3, -0.25) is 4.99 Å². The zero-order valence-electron chi connectivity index (χ0n) is 26.5. The maximum atomic E-state index is 6.30. The Labute approximate surface area is 286 Å². The van der Waals surface area contributed by atoms with E-state index in [1.54, 1.807) is 0 Å². The smallest absolute Gasteiger partial charge is 0.175 e. The quantitative estimate of drug-likeness (QED) is 0.112. The van der Waals surface area contributed by atoms with Gasteiger partial charge in [-0.2, -0.15) is 0 Å². The topological polar surface area (TPSA) is 34.1 Å². The van der Waals surface area contributed by atoms with E-state index in [9.17, 15) is 0 Å². The molecule has 4 nitrogen and oxygen atoms in total. The van der Waals surface area contributed by atoms with Gasteiger partial charge in [0.2, 0.25) is 0 Å². The molecule has 5 aromatic carbocycles. The van der Waals surface area contributed by atoms with E-state index in [-0.39, 0.29) is 0 Å². The minimum absolute atomic E-state index is 0.353. The molecule has 0 N–H and O–H groups in total. The van der Waals surface area contributed by atoms with Crippen molar-refractivity contribution in [3.8, 4) is 11.5 Å². The number of anilines is 1. The van der Waals surface area contributed by atoms with Crippen LogP contribution in [0.25, 0.3) is 0 Å². The molecule has 0 amide bonds. The number of halogens is 1. The van der Waals surface area contributed by atoms with Gasteiger partial charge in [0.25, 0.3) is 0 Å². The van der Waals surface area contributed by atoms with Crippen LogP contribution >= 0.6 is 22.6 Å². The molecule has 2 atom stereocenters. The fourth-order valence-corrected chi connectivity index (χ4v) is 7.75. The number of aryl methyl sites for hydroxylation is 1. The van der Waals surface area contributed by atoms with Gasteiger partial charge in [-0.1, -0.05) is 90.5 Å². The van der Waals surface area contributed by atoms with Crippen molar-refractivity contribution in [2.24, 2.45) is 4.99 Å². The summed E-state index contributed by atoms with van der Waals surface area (Å²) in [5.74, 6) is 2.22. The summed E-state index contributed by atoms with van der Waals surface area (Å²) in [6.45, 7) is 7.32. The molecular formula is C41H39IN2O2. The molecule has 7 rings (SSSR count). The minimum atomic E-state index is 0.353. The monoisotopic (exact) mass is 718 g/mol. The van der Waals surface area contributed by atoms with Gasteiger partial charge >= 0.3 is 0 Å². The van der Waals surface area contributed by atoms with Crippen LogP contribution in [0.2, 0.25) is 0 Å². The molecule has 2 aliphatic heterocycles. The number of hydrogen-bond donors (Lipinski definition) is 0. The summed E-state index contributed by atoms with van der Waals surface area (Å²) in [5.41, 5.74) is 11.3. The number of nitrogens with zero attached hydrogens (tertiary/aromatic N) is 2. The van der Waals surface area contributed by atoms with Gasteiger partial charge in [0.05, 0.1) is 15.9 Å². The minimum Gasteiger partial charge on any atom is -0.490 e. The zero-order chi connectivity index (χ0) is 31.5. The maximum Gasteiger partial charge on any atom is 0.175 e. The summed E-state index contributed by atoms with van der Waals surface area (Å²) in [7, 11) is 0. The lowest BCUT2D eigenvalue weighted by Crippen LogP contribution is -2.37. The summed E-state index contributed by atoms with van der Waals surface area (Å²) in [4.78, 5) is 7.74. The van der Waals surface area contributed by atoms with E-state index in [1.165, 1.54) is 33.5 Å². The third-order valence-electron chi connectivity index (χ3n) is 9.20. The molecule has 0 aliphatic carbocycles. The first kappa shape index (κ1) is 30.5. The Kier molecular flexibility index (Phi) is 9.11.